The molecule has 0 fully saturated rings. The average molecular weight is 307 g/mol. The van der Waals surface area contributed by atoms with E-state index in [4.69, 9.17) is 16.3 Å². The third kappa shape index (κ3) is 2.53. The fourth-order valence-corrected chi connectivity index (χ4v) is 3.21. The molecule has 0 bridgehead atoms. The van der Waals surface area contributed by atoms with Crippen molar-refractivity contribution in [2.45, 2.75) is 26.3 Å². The van der Waals surface area contributed by atoms with E-state index in [1.165, 1.54) is 0 Å². The Labute approximate surface area is 126 Å². The molecule has 0 amide bonds. The van der Waals surface area contributed by atoms with Gasteiger partial charge in [0.2, 0.25) is 0 Å². The van der Waals surface area contributed by atoms with Gasteiger partial charge in [-0.1, -0.05) is 12.1 Å². The normalized spacial score (nSPS) is 11.2. The summed E-state index contributed by atoms with van der Waals surface area (Å²) in [6.45, 7) is 4.57. The van der Waals surface area contributed by atoms with Crippen LogP contribution in [0.5, 0.6) is 5.75 Å². The second-order valence-electron chi connectivity index (χ2n) is 4.81. The Morgan fingerprint density at radius 1 is 1.30 bits per heavy atom. The van der Waals surface area contributed by atoms with E-state index in [1.807, 2.05) is 36.0 Å². The molecule has 0 unspecified atom stereocenters. The van der Waals surface area contributed by atoms with Crippen molar-refractivity contribution in [3.05, 3.63) is 52.3 Å². The van der Waals surface area contributed by atoms with Crippen molar-refractivity contribution >= 4 is 27.9 Å². The number of nitrogens with zero attached hydrogens (tertiary/aromatic N) is 2. The lowest BCUT2D eigenvalue weighted by atomic mass is 10.1. The number of hydrogen-bond acceptors (Lipinski definition) is 3. The molecule has 3 nitrogen and oxygen atoms in total. The molecule has 0 aliphatic heterocycles. The molecule has 2 aromatic heterocycles. The minimum Gasteiger partial charge on any atom is -0.487 e. The molecular weight excluding hydrogens is 292 g/mol. The largest absolute Gasteiger partial charge is 0.487 e. The van der Waals surface area contributed by atoms with Crippen molar-refractivity contribution in [1.82, 2.24) is 9.38 Å². The molecule has 3 rings (SSSR count). The fraction of sp³-hybridized carbons (Fsp3) is 0.267. The summed E-state index contributed by atoms with van der Waals surface area (Å²) in [5.74, 6) is 1.45. The number of aromatic nitrogens is 2. The first-order valence-electron chi connectivity index (χ1n) is 6.37. The highest BCUT2D eigenvalue weighted by Crippen LogP contribution is 2.26. The van der Waals surface area contributed by atoms with Crippen molar-refractivity contribution in [2.75, 3.05) is 0 Å². The molecule has 0 saturated heterocycles. The quantitative estimate of drug-likeness (QED) is 0.671. The van der Waals surface area contributed by atoms with Crippen LogP contribution in [-0.2, 0) is 12.5 Å². The highest BCUT2D eigenvalue weighted by Gasteiger charge is 2.08. The number of imidazole rings is 1. The van der Waals surface area contributed by atoms with Gasteiger partial charge >= 0.3 is 0 Å². The first-order chi connectivity index (χ1) is 9.67. The van der Waals surface area contributed by atoms with Gasteiger partial charge in [-0.15, -0.1) is 22.9 Å². The number of aryl methyl sites for hydroxylation is 2. The summed E-state index contributed by atoms with van der Waals surface area (Å²) in [5.41, 5.74) is 4.29. The van der Waals surface area contributed by atoms with Crippen LogP contribution in [-0.4, -0.2) is 9.38 Å². The zero-order valence-electron chi connectivity index (χ0n) is 11.4. The molecule has 3 aromatic rings. The Morgan fingerprint density at radius 2 is 2.05 bits per heavy atom. The molecule has 5 heteroatoms. The predicted molar refractivity (Wildman–Crippen MR) is 82.9 cm³/mol. The van der Waals surface area contributed by atoms with E-state index in [9.17, 15) is 0 Å². The number of hydrogen-bond donors (Lipinski definition) is 0. The van der Waals surface area contributed by atoms with Crippen LogP contribution in [0.4, 0.5) is 0 Å². The monoisotopic (exact) mass is 306 g/mol. The lowest BCUT2D eigenvalue weighted by Gasteiger charge is -2.12. The summed E-state index contributed by atoms with van der Waals surface area (Å²) < 4.78 is 7.95. The number of thiazole rings is 1. The predicted octanol–water partition coefficient (Wildman–Crippen LogP) is 4.33. The Kier molecular flexibility index (Phi) is 3.68. The Hall–Kier alpha value is -1.52. The van der Waals surface area contributed by atoms with Gasteiger partial charge in [-0.3, -0.25) is 4.40 Å². The number of benzene rings is 1. The van der Waals surface area contributed by atoms with Crippen LogP contribution >= 0.6 is 22.9 Å². The summed E-state index contributed by atoms with van der Waals surface area (Å²) >= 11 is 7.50. The van der Waals surface area contributed by atoms with Gasteiger partial charge in [0.1, 0.15) is 12.4 Å². The summed E-state index contributed by atoms with van der Waals surface area (Å²) in [5, 5.41) is 2.02. The maximum Gasteiger partial charge on any atom is 0.193 e. The third-order valence-corrected chi connectivity index (χ3v) is 4.26. The van der Waals surface area contributed by atoms with Crippen LogP contribution in [0.3, 0.4) is 0 Å². The van der Waals surface area contributed by atoms with Gasteiger partial charge in [-0.25, -0.2) is 4.98 Å². The summed E-state index contributed by atoms with van der Waals surface area (Å²) in [7, 11) is 0. The van der Waals surface area contributed by atoms with Gasteiger partial charge in [-0.05, 0) is 30.5 Å². The SMILES string of the molecule is Cc1cc(CCl)cc(C)c1OCc1cn2ccsc2n1. The van der Waals surface area contributed by atoms with Crippen molar-refractivity contribution in [3.8, 4) is 5.75 Å². The van der Waals surface area contributed by atoms with Gasteiger partial charge < -0.3 is 4.74 Å². The molecule has 0 spiro atoms. The van der Waals surface area contributed by atoms with E-state index in [0.717, 1.165) is 33.1 Å². The molecule has 0 aliphatic rings. The average Bonchev–Trinajstić information content (AvgIpc) is 2.98. The molecule has 0 N–H and O–H groups in total. The highest BCUT2D eigenvalue weighted by atomic mass is 35.5. The van der Waals surface area contributed by atoms with Gasteiger partial charge in [0.15, 0.2) is 4.96 Å². The second-order valence-corrected chi connectivity index (χ2v) is 5.95. The Morgan fingerprint density at radius 3 is 2.70 bits per heavy atom. The van der Waals surface area contributed by atoms with Gasteiger partial charge in [0.25, 0.3) is 0 Å². The molecule has 0 aliphatic carbocycles. The van der Waals surface area contributed by atoms with E-state index < -0.39 is 0 Å². The first kappa shape index (κ1) is 13.5. The summed E-state index contributed by atoms with van der Waals surface area (Å²) in [4.78, 5) is 5.51. The molecule has 20 heavy (non-hydrogen) atoms. The second kappa shape index (κ2) is 5.46. The lowest BCUT2D eigenvalue weighted by Crippen LogP contribution is -2.00. The van der Waals surface area contributed by atoms with Crippen LogP contribution in [0.25, 0.3) is 4.96 Å². The van der Waals surface area contributed by atoms with Gasteiger partial charge in [0.05, 0.1) is 5.69 Å². The van der Waals surface area contributed by atoms with Crippen molar-refractivity contribution in [2.24, 2.45) is 0 Å². The first-order valence-corrected chi connectivity index (χ1v) is 7.79. The van der Waals surface area contributed by atoms with E-state index in [0.29, 0.717) is 12.5 Å². The van der Waals surface area contributed by atoms with Crippen LogP contribution in [0.1, 0.15) is 22.4 Å². The topological polar surface area (TPSA) is 26.5 Å². The fourth-order valence-electron chi connectivity index (χ4n) is 2.34. The zero-order chi connectivity index (χ0) is 14.1. The van der Waals surface area contributed by atoms with Gasteiger partial charge in [0, 0.05) is 23.7 Å². The van der Waals surface area contributed by atoms with E-state index in [2.05, 4.69) is 17.1 Å². The number of rotatable bonds is 4. The summed E-state index contributed by atoms with van der Waals surface area (Å²) in [6, 6.07) is 4.14. The van der Waals surface area contributed by atoms with Gasteiger partial charge in [-0.2, -0.15) is 0 Å². The van der Waals surface area contributed by atoms with Crippen LogP contribution in [0.2, 0.25) is 0 Å². The van der Waals surface area contributed by atoms with Crippen LogP contribution < -0.4 is 4.74 Å². The minimum atomic E-state index is 0.482. The van der Waals surface area contributed by atoms with Crippen molar-refractivity contribution in [1.29, 1.82) is 0 Å². The Bertz CT molecular complexity index is 696. The van der Waals surface area contributed by atoms with E-state index in [-0.39, 0.29) is 0 Å². The maximum absolute atomic E-state index is 5.94. The number of fused-ring (bicyclic) bond motifs is 1. The third-order valence-electron chi connectivity index (χ3n) is 3.18. The minimum absolute atomic E-state index is 0.482. The van der Waals surface area contributed by atoms with Crippen molar-refractivity contribution in [3.63, 3.8) is 0 Å². The zero-order valence-corrected chi connectivity index (χ0v) is 13.0. The van der Waals surface area contributed by atoms with Crippen LogP contribution in [0.15, 0.2) is 29.9 Å². The standard InChI is InChI=1S/C15H15ClN2OS/c1-10-5-12(7-16)6-11(2)14(10)19-9-13-8-18-3-4-20-15(18)17-13/h3-6,8H,7,9H2,1-2H3. The lowest BCUT2D eigenvalue weighted by molar-refractivity contribution is 0.298. The van der Waals surface area contributed by atoms with E-state index in [1.54, 1.807) is 11.3 Å². The van der Waals surface area contributed by atoms with Crippen LogP contribution in [0, 0.1) is 13.8 Å². The molecule has 1 aromatic carbocycles. The maximum atomic E-state index is 5.94. The highest BCUT2D eigenvalue weighted by molar-refractivity contribution is 7.15. The number of halogens is 1. The number of ether oxygens (including phenoxy) is 1. The molecule has 0 radical (unpaired) electrons. The molecule has 0 atom stereocenters. The van der Waals surface area contributed by atoms with Crippen molar-refractivity contribution < 1.29 is 4.74 Å². The van der Waals surface area contributed by atoms with E-state index >= 15 is 0 Å². The molecule has 0 saturated carbocycles. The molecule has 2 heterocycles. The smallest absolute Gasteiger partial charge is 0.193 e. The molecule has 104 valence electrons. The Balaban J connectivity index is 1.79. The summed E-state index contributed by atoms with van der Waals surface area (Å²) in [6.07, 6.45) is 4.01. The number of alkyl halides is 1. The molecular formula is C15H15ClN2OS.